The number of nitrogens with zero attached hydrogens (tertiary/aromatic N) is 1. The van der Waals surface area contributed by atoms with Gasteiger partial charge < -0.3 is 26.4 Å². The summed E-state index contributed by atoms with van der Waals surface area (Å²) in [7, 11) is 0. The molecule has 11 heteroatoms. The number of halogens is 3. The van der Waals surface area contributed by atoms with E-state index in [0.29, 0.717) is 36.1 Å². The van der Waals surface area contributed by atoms with Crippen LogP contribution in [0.3, 0.4) is 0 Å². The maximum Gasteiger partial charge on any atom is 0.416 e. The van der Waals surface area contributed by atoms with E-state index in [9.17, 15) is 22.8 Å². The molecule has 0 aromatic heterocycles. The third-order valence-electron chi connectivity index (χ3n) is 7.42. The molecule has 2 fully saturated rings. The fourth-order valence-corrected chi connectivity index (χ4v) is 5.18. The smallest absolute Gasteiger partial charge is 0.397 e. The molecular weight excluding hydrogens is 547 g/mol. The molecule has 1 unspecified atom stereocenters. The molecule has 2 saturated heterocycles. The number of ether oxygens (including phenoxy) is 1. The van der Waals surface area contributed by atoms with E-state index >= 15 is 0 Å². The molecule has 8 nitrogen and oxygen atoms in total. The number of morpholine rings is 1. The quantitative estimate of drug-likeness (QED) is 0.205. The van der Waals surface area contributed by atoms with Crippen molar-refractivity contribution in [2.75, 3.05) is 42.6 Å². The molecule has 42 heavy (non-hydrogen) atoms. The van der Waals surface area contributed by atoms with Gasteiger partial charge in [0.15, 0.2) is 0 Å². The number of para-hydroxylation sites is 2. The van der Waals surface area contributed by atoms with Crippen LogP contribution in [0.4, 0.5) is 30.2 Å². The second kappa shape index (κ2) is 12.8. The number of nitrogens with two attached hydrogens (primary N) is 1. The summed E-state index contributed by atoms with van der Waals surface area (Å²) in [5.41, 5.74) is 7.74. The van der Waals surface area contributed by atoms with Gasteiger partial charge >= 0.3 is 6.18 Å². The highest BCUT2D eigenvalue weighted by molar-refractivity contribution is 6.03. The Hall–Kier alpha value is -4.19. The predicted octanol–water partition coefficient (Wildman–Crippen LogP) is 4.68. The summed E-state index contributed by atoms with van der Waals surface area (Å²) in [5.74, 6) is -0.738. The summed E-state index contributed by atoms with van der Waals surface area (Å²) >= 11 is 0. The Bertz CT molecular complexity index is 1430. The molecule has 0 radical (unpaired) electrons. The van der Waals surface area contributed by atoms with Crippen molar-refractivity contribution in [1.82, 2.24) is 10.2 Å². The standard InChI is InChI=1S/C31H32F3N5O3/c32-31(33,34)22-10-12-23(13-11-22)37-30(41)29(36-15-16-39-18-25-17-24(39)19-42-25)21-8-5-20(6-9-21)7-14-28(40)38-27-4-2-1-3-26(27)35/h1-14,24-25,29,36H,15-19,35H2,(H,37,41)(H,38,40)/t24-,25-,29?/m0/s1. The van der Waals surface area contributed by atoms with Crippen LogP contribution in [0.15, 0.2) is 78.9 Å². The maximum atomic E-state index is 13.3. The van der Waals surface area contributed by atoms with Crippen molar-refractivity contribution in [2.45, 2.75) is 30.8 Å². The van der Waals surface area contributed by atoms with E-state index in [1.54, 1.807) is 54.6 Å². The number of nitrogen functional groups attached to an aromatic ring is 1. The average molecular weight is 580 g/mol. The van der Waals surface area contributed by atoms with E-state index in [4.69, 9.17) is 10.5 Å². The first-order valence-electron chi connectivity index (χ1n) is 13.7. The van der Waals surface area contributed by atoms with Gasteiger partial charge in [-0.25, -0.2) is 0 Å². The number of benzene rings is 3. The number of anilines is 3. The zero-order valence-corrected chi connectivity index (χ0v) is 22.7. The Morgan fingerprint density at radius 2 is 1.76 bits per heavy atom. The molecule has 220 valence electrons. The Labute approximate surface area is 241 Å². The zero-order chi connectivity index (χ0) is 29.7. The molecule has 0 spiro atoms. The molecule has 3 aromatic carbocycles. The zero-order valence-electron chi connectivity index (χ0n) is 22.7. The summed E-state index contributed by atoms with van der Waals surface area (Å²) in [6.45, 7) is 2.84. The van der Waals surface area contributed by atoms with Crippen LogP contribution in [0.25, 0.3) is 6.08 Å². The Morgan fingerprint density at radius 1 is 1.02 bits per heavy atom. The topological polar surface area (TPSA) is 109 Å². The van der Waals surface area contributed by atoms with Crippen LogP contribution in [-0.4, -0.2) is 55.1 Å². The van der Waals surface area contributed by atoms with Crippen molar-refractivity contribution < 1.29 is 27.5 Å². The van der Waals surface area contributed by atoms with Gasteiger partial charge in [-0.05, 0) is 60.0 Å². The van der Waals surface area contributed by atoms with Crippen molar-refractivity contribution in [3.8, 4) is 0 Å². The fourth-order valence-electron chi connectivity index (χ4n) is 5.18. The average Bonchev–Trinajstić information content (AvgIpc) is 3.59. The summed E-state index contributed by atoms with van der Waals surface area (Å²) in [6.07, 6.45) is -0.140. The Morgan fingerprint density at radius 3 is 2.40 bits per heavy atom. The summed E-state index contributed by atoms with van der Waals surface area (Å²) < 4.78 is 44.5. The maximum absolute atomic E-state index is 13.3. The molecule has 2 heterocycles. The Balaban J connectivity index is 1.25. The molecule has 5 rings (SSSR count). The molecule has 5 N–H and O–H groups in total. The van der Waals surface area contributed by atoms with Gasteiger partial charge in [-0.15, -0.1) is 0 Å². The van der Waals surface area contributed by atoms with Gasteiger partial charge in [-0.2, -0.15) is 13.2 Å². The SMILES string of the molecule is Nc1ccccc1NC(=O)C=Cc1ccc(C(NCCN2C[C@@H]3C[C@H]2CO3)C(=O)Nc2ccc(C(F)(F)F)cc2)cc1. The number of alkyl halides is 3. The second-order valence-corrected chi connectivity index (χ2v) is 10.4. The molecule has 2 aliphatic rings. The van der Waals surface area contributed by atoms with Crippen molar-refractivity contribution in [2.24, 2.45) is 0 Å². The Kier molecular flexibility index (Phi) is 8.91. The monoisotopic (exact) mass is 579 g/mol. The van der Waals surface area contributed by atoms with Crippen molar-refractivity contribution in [1.29, 1.82) is 0 Å². The van der Waals surface area contributed by atoms with Gasteiger partial charge in [0.05, 0.1) is 29.6 Å². The minimum atomic E-state index is -4.46. The number of fused-ring (bicyclic) bond motifs is 2. The lowest BCUT2D eigenvalue weighted by Crippen LogP contribution is -2.43. The minimum Gasteiger partial charge on any atom is -0.397 e. The van der Waals surface area contributed by atoms with E-state index in [1.165, 1.54) is 18.2 Å². The third-order valence-corrected chi connectivity index (χ3v) is 7.42. The van der Waals surface area contributed by atoms with Crippen molar-refractivity contribution in [3.63, 3.8) is 0 Å². The van der Waals surface area contributed by atoms with Gasteiger partial charge in [0.25, 0.3) is 0 Å². The van der Waals surface area contributed by atoms with E-state index in [0.717, 1.165) is 37.2 Å². The van der Waals surface area contributed by atoms with Crippen molar-refractivity contribution >= 4 is 35.0 Å². The van der Waals surface area contributed by atoms with E-state index in [2.05, 4.69) is 20.9 Å². The van der Waals surface area contributed by atoms with Crippen LogP contribution < -0.4 is 21.7 Å². The van der Waals surface area contributed by atoms with Gasteiger partial charge in [0, 0.05) is 37.4 Å². The highest BCUT2D eigenvalue weighted by Crippen LogP contribution is 2.30. The number of amides is 2. The number of hydrogen-bond donors (Lipinski definition) is 4. The first kappa shape index (κ1) is 29.3. The van der Waals surface area contributed by atoms with Gasteiger partial charge in [0.1, 0.15) is 6.04 Å². The van der Waals surface area contributed by atoms with Crippen LogP contribution >= 0.6 is 0 Å². The van der Waals surface area contributed by atoms with E-state index in [1.807, 2.05) is 0 Å². The minimum absolute atomic E-state index is 0.262. The van der Waals surface area contributed by atoms with E-state index in [-0.39, 0.29) is 17.7 Å². The first-order chi connectivity index (χ1) is 20.2. The van der Waals surface area contributed by atoms with Gasteiger partial charge in [-0.1, -0.05) is 36.4 Å². The van der Waals surface area contributed by atoms with E-state index < -0.39 is 23.7 Å². The molecule has 2 amide bonds. The lowest BCUT2D eigenvalue weighted by Gasteiger charge is -2.27. The third kappa shape index (κ3) is 7.35. The summed E-state index contributed by atoms with van der Waals surface area (Å²) in [6, 6.07) is 18.1. The molecule has 2 bridgehead atoms. The normalized spacial score (nSPS) is 19.2. The second-order valence-electron chi connectivity index (χ2n) is 10.4. The van der Waals surface area contributed by atoms with Crippen molar-refractivity contribution in [3.05, 3.63) is 95.6 Å². The number of nitrogens with one attached hydrogen (secondary N) is 3. The number of likely N-dealkylation sites (tertiary alicyclic amines) is 1. The number of carbonyl (C=O) groups is 2. The highest BCUT2D eigenvalue weighted by Gasteiger charge is 2.38. The van der Waals surface area contributed by atoms with Crippen LogP contribution in [0.1, 0.15) is 29.2 Å². The number of carbonyl (C=O) groups excluding carboxylic acids is 2. The lowest BCUT2D eigenvalue weighted by atomic mass is 10.0. The van der Waals surface area contributed by atoms with Crippen LogP contribution in [0, 0.1) is 0 Å². The highest BCUT2D eigenvalue weighted by atomic mass is 19.4. The molecular formula is C31H32F3N5O3. The number of hydrogen-bond acceptors (Lipinski definition) is 6. The van der Waals surface area contributed by atoms with Crippen LogP contribution in [0.5, 0.6) is 0 Å². The molecule has 0 saturated carbocycles. The first-order valence-corrected chi connectivity index (χ1v) is 13.7. The van der Waals surface area contributed by atoms with Gasteiger partial charge in [-0.3, -0.25) is 14.5 Å². The lowest BCUT2D eigenvalue weighted by molar-refractivity contribution is -0.137. The molecule has 0 aliphatic carbocycles. The fraction of sp³-hybridized carbons (Fsp3) is 0.290. The summed E-state index contributed by atoms with van der Waals surface area (Å²) in [5, 5.41) is 8.77. The van der Waals surface area contributed by atoms with Gasteiger partial charge in [0.2, 0.25) is 11.8 Å². The predicted molar refractivity (Wildman–Crippen MR) is 155 cm³/mol. The number of rotatable bonds is 10. The van der Waals surface area contributed by atoms with Crippen LogP contribution in [0.2, 0.25) is 0 Å². The summed E-state index contributed by atoms with van der Waals surface area (Å²) in [4.78, 5) is 28.0. The largest absolute Gasteiger partial charge is 0.416 e. The molecule has 3 atom stereocenters. The molecule has 2 aliphatic heterocycles. The molecule has 3 aromatic rings. The van der Waals surface area contributed by atoms with Crippen LogP contribution in [-0.2, 0) is 20.5 Å².